The molecule has 5 nitrogen and oxygen atoms in total. The number of methoxy groups -OCH3 is 1. The maximum Gasteiger partial charge on any atom is 0.409 e. The van der Waals surface area contributed by atoms with E-state index in [2.05, 4.69) is 9.72 Å². The molecule has 0 saturated heterocycles. The van der Waals surface area contributed by atoms with Gasteiger partial charge in [-0.1, -0.05) is 30.7 Å². The smallest absolute Gasteiger partial charge is 0.409 e. The summed E-state index contributed by atoms with van der Waals surface area (Å²) in [6.45, 7) is 0.773. The number of nitrogens with zero attached hydrogens (tertiary/aromatic N) is 2. The van der Waals surface area contributed by atoms with Gasteiger partial charge >= 0.3 is 6.18 Å². The Hall–Kier alpha value is -1.91. The summed E-state index contributed by atoms with van der Waals surface area (Å²) in [6.07, 6.45) is -4.26. The number of hydrogen-bond donors (Lipinski definition) is 0. The van der Waals surface area contributed by atoms with Gasteiger partial charge in [-0.05, 0) is 17.7 Å². The summed E-state index contributed by atoms with van der Waals surface area (Å²) in [7, 11) is -3.59. The molecule has 1 aromatic heterocycles. The minimum absolute atomic E-state index is 0.207. The fraction of sp³-hybridized carbons (Fsp3) is 0.312. The summed E-state index contributed by atoms with van der Waals surface area (Å²) in [5.41, 5.74) is -0.306. The maximum absolute atomic E-state index is 13.8. The first-order valence-electron chi connectivity index (χ1n) is 7.56. The lowest BCUT2D eigenvalue weighted by atomic mass is 10.1. The fourth-order valence-electron chi connectivity index (χ4n) is 2.48. The molecule has 0 bridgehead atoms. The highest BCUT2D eigenvalue weighted by molar-refractivity contribution is 7.89. The predicted octanol–water partition coefficient (Wildman–Crippen LogP) is 4.20. The highest BCUT2D eigenvalue weighted by Gasteiger charge is 2.48. The number of hydrogen-bond acceptors (Lipinski definition) is 4. The Bertz CT molecular complexity index is 905. The van der Waals surface area contributed by atoms with Crippen molar-refractivity contribution in [3.8, 4) is 5.75 Å². The molecule has 0 amide bonds. The molecular formula is C16H15ClF4N2O3S. The molecule has 2 aromatic rings. The summed E-state index contributed by atoms with van der Waals surface area (Å²) < 4.78 is 85.4. The van der Waals surface area contributed by atoms with Gasteiger partial charge < -0.3 is 4.74 Å². The second-order valence-electron chi connectivity index (χ2n) is 5.37. The zero-order valence-corrected chi connectivity index (χ0v) is 15.7. The zero-order valence-electron chi connectivity index (χ0n) is 14.2. The maximum atomic E-state index is 13.8. The molecule has 148 valence electrons. The van der Waals surface area contributed by atoms with E-state index in [0.717, 1.165) is 25.3 Å². The number of sulfonamides is 1. The first-order valence-corrected chi connectivity index (χ1v) is 9.37. The third-order valence-corrected chi connectivity index (χ3v) is 5.86. The van der Waals surface area contributed by atoms with Crippen molar-refractivity contribution >= 4 is 21.6 Å². The highest BCUT2D eigenvalue weighted by Crippen LogP contribution is 2.41. The Labute approximate surface area is 158 Å². The van der Waals surface area contributed by atoms with Crippen molar-refractivity contribution in [3.05, 3.63) is 53.1 Å². The van der Waals surface area contributed by atoms with E-state index in [4.69, 9.17) is 11.6 Å². The lowest BCUT2D eigenvalue weighted by Gasteiger charge is -2.31. The number of benzene rings is 1. The number of aromatic nitrogens is 1. The topological polar surface area (TPSA) is 59.5 Å². The van der Waals surface area contributed by atoms with E-state index in [9.17, 15) is 26.0 Å². The van der Waals surface area contributed by atoms with E-state index >= 15 is 0 Å². The van der Waals surface area contributed by atoms with Gasteiger partial charge in [-0.25, -0.2) is 13.4 Å². The van der Waals surface area contributed by atoms with Gasteiger partial charge in [0.05, 0.1) is 13.3 Å². The minimum atomic E-state index is -4.91. The van der Waals surface area contributed by atoms with Crippen molar-refractivity contribution in [3.63, 3.8) is 0 Å². The summed E-state index contributed by atoms with van der Waals surface area (Å²) in [6, 6.07) is 3.00. The lowest BCUT2D eigenvalue weighted by molar-refractivity contribution is -0.173. The molecule has 27 heavy (non-hydrogen) atoms. The standard InChI is InChI=1S/C16H15ClF4N2O3S/c1-3-23(14(16(19,20)21)10-4-6-11(17)7-5-10)27(24,25)12-8-13(26-2)15(18)22-9-12/h4-9,14H,3H2,1-2H3/t14-/m1/s1. The Balaban J connectivity index is 2.60. The van der Waals surface area contributed by atoms with Gasteiger partial charge in [0.15, 0.2) is 5.75 Å². The van der Waals surface area contributed by atoms with Crippen molar-refractivity contribution in [2.24, 2.45) is 0 Å². The number of alkyl halides is 3. The van der Waals surface area contributed by atoms with Crippen molar-refractivity contribution in [1.29, 1.82) is 0 Å². The molecule has 0 N–H and O–H groups in total. The van der Waals surface area contributed by atoms with Crippen LogP contribution in [0.3, 0.4) is 0 Å². The summed E-state index contributed by atoms with van der Waals surface area (Å²) in [4.78, 5) is 2.62. The number of rotatable bonds is 6. The van der Waals surface area contributed by atoms with Crippen LogP contribution in [0.4, 0.5) is 17.6 Å². The molecule has 1 aromatic carbocycles. The Morgan fingerprint density at radius 2 is 1.85 bits per heavy atom. The Morgan fingerprint density at radius 3 is 2.33 bits per heavy atom. The van der Waals surface area contributed by atoms with Crippen LogP contribution in [-0.2, 0) is 10.0 Å². The van der Waals surface area contributed by atoms with E-state index < -0.39 is 45.4 Å². The number of pyridine rings is 1. The SMILES string of the molecule is CCN([C@H](c1ccc(Cl)cc1)C(F)(F)F)S(=O)(=O)c1cnc(F)c(OC)c1. The average molecular weight is 427 g/mol. The van der Waals surface area contributed by atoms with Gasteiger partial charge in [-0.2, -0.15) is 21.9 Å². The van der Waals surface area contributed by atoms with Gasteiger partial charge in [-0.15, -0.1) is 0 Å². The molecule has 1 heterocycles. The summed E-state index contributed by atoms with van der Waals surface area (Å²) in [5.74, 6) is -1.58. The van der Waals surface area contributed by atoms with Crippen LogP contribution in [0, 0.1) is 5.95 Å². The van der Waals surface area contributed by atoms with Crippen LogP contribution in [0.5, 0.6) is 5.75 Å². The largest absolute Gasteiger partial charge is 0.492 e. The number of ether oxygens (including phenoxy) is 1. The first kappa shape index (κ1) is 21.4. The summed E-state index contributed by atoms with van der Waals surface area (Å²) in [5, 5.41) is 0.207. The second kappa shape index (κ2) is 7.99. The van der Waals surface area contributed by atoms with Crippen LogP contribution >= 0.6 is 11.6 Å². The fourth-order valence-corrected chi connectivity index (χ4v) is 4.18. The van der Waals surface area contributed by atoms with Gasteiger partial charge in [0.25, 0.3) is 5.95 Å². The quantitative estimate of drug-likeness (QED) is 0.513. The molecule has 0 unspecified atom stereocenters. The van der Waals surface area contributed by atoms with Crippen molar-refractivity contribution in [2.75, 3.05) is 13.7 Å². The van der Waals surface area contributed by atoms with Crippen molar-refractivity contribution < 1.29 is 30.7 Å². The zero-order chi connectivity index (χ0) is 20.4. The van der Waals surface area contributed by atoms with E-state index in [1.165, 1.54) is 19.1 Å². The predicted molar refractivity (Wildman–Crippen MR) is 90.6 cm³/mol. The van der Waals surface area contributed by atoms with E-state index in [0.29, 0.717) is 6.20 Å². The van der Waals surface area contributed by atoms with Crippen molar-refractivity contribution in [2.45, 2.75) is 24.0 Å². The molecule has 1 atom stereocenters. The van der Waals surface area contributed by atoms with E-state index in [1.807, 2.05) is 0 Å². The summed E-state index contributed by atoms with van der Waals surface area (Å²) >= 11 is 5.71. The highest BCUT2D eigenvalue weighted by atomic mass is 35.5. The van der Waals surface area contributed by atoms with Crippen LogP contribution in [0.15, 0.2) is 41.4 Å². The Morgan fingerprint density at radius 1 is 1.26 bits per heavy atom. The van der Waals surface area contributed by atoms with Crippen LogP contribution in [0.25, 0.3) is 0 Å². The monoisotopic (exact) mass is 426 g/mol. The molecule has 0 aliphatic heterocycles. The van der Waals surface area contributed by atoms with Gasteiger partial charge in [0.1, 0.15) is 10.9 Å². The third-order valence-electron chi connectivity index (χ3n) is 3.70. The van der Waals surface area contributed by atoms with Crippen LogP contribution in [-0.4, -0.2) is 37.5 Å². The molecule has 0 saturated carbocycles. The Kier molecular flexibility index (Phi) is 6.33. The normalized spacial score (nSPS) is 13.6. The molecule has 0 aliphatic carbocycles. The van der Waals surface area contributed by atoms with Crippen LogP contribution < -0.4 is 4.74 Å². The number of halogens is 5. The second-order valence-corrected chi connectivity index (χ2v) is 7.70. The van der Waals surface area contributed by atoms with E-state index in [-0.39, 0.29) is 14.9 Å². The lowest BCUT2D eigenvalue weighted by Crippen LogP contribution is -2.42. The molecule has 0 fully saturated rings. The van der Waals surface area contributed by atoms with E-state index in [1.54, 1.807) is 0 Å². The molecule has 11 heteroatoms. The third kappa shape index (κ3) is 4.50. The molecule has 0 aliphatic rings. The first-order chi connectivity index (χ1) is 12.5. The van der Waals surface area contributed by atoms with Crippen molar-refractivity contribution in [1.82, 2.24) is 9.29 Å². The van der Waals surface area contributed by atoms with Gasteiger partial charge in [-0.3, -0.25) is 0 Å². The minimum Gasteiger partial charge on any atom is -0.492 e. The molecule has 0 radical (unpaired) electrons. The van der Waals surface area contributed by atoms with Gasteiger partial charge in [0.2, 0.25) is 10.0 Å². The van der Waals surface area contributed by atoms with Crippen LogP contribution in [0.2, 0.25) is 5.02 Å². The molecular weight excluding hydrogens is 412 g/mol. The van der Waals surface area contributed by atoms with Gasteiger partial charge in [0, 0.05) is 17.6 Å². The molecule has 2 rings (SSSR count). The average Bonchev–Trinajstić information content (AvgIpc) is 2.59. The molecule has 0 spiro atoms. The van der Waals surface area contributed by atoms with Crippen LogP contribution in [0.1, 0.15) is 18.5 Å².